The molecule has 21 heavy (non-hydrogen) atoms. The number of amides is 1. The molecule has 0 unspecified atom stereocenters. The minimum Gasteiger partial charge on any atom is -0.352 e. The molecule has 4 nitrogen and oxygen atoms in total. The third-order valence-corrected chi connectivity index (χ3v) is 4.36. The minimum atomic E-state index is -0.0562. The van der Waals surface area contributed by atoms with Crippen molar-refractivity contribution < 1.29 is 4.79 Å². The number of hydrogen-bond donors (Lipinski definition) is 1. The molecular weight excluding hydrogens is 262 g/mol. The van der Waals surface area contributed by atoms with Gasteiger partial charge in [-0.2, -0.15) is 0 Å². The Hall–Kier alpha value is -2.10. The molecule has 1 saturated heterocycles. The van der Waals surface area contributed by atoms with Gasteiger partial charge in [-0.1, -0.05) is 18.2 Å². The van der Waals surface area contributed by atoms with Gasteiger partial charge in [0.15, 0.2) is 0 Å². The third kappa shape index (κ3) is 2.46. The number of benzene rings is 1. The molecule has 0 bridgehead atoms. The van der Waals surface area contributed by atoms with E-state index in [9.17, 15) is 4.79 Å². The summed E-state index contributed by atoms with van der Waals surface area (Å²) in [6.45, 7) is 0.911. The Labute approximate surface area is 124 Å². The number of aromatic nitrogens is 1. The smallest absolute Gasteiger partial charge is 0.242 e. The predicted octanol–water partition coefficient (Wildman–Crippen LogP) is 2.48. The fourth-order valence-corrected chi connectivity index (χ4v) is 3.05. The summed E-state index contributed by atoms with van der Waals surface area (Å²) in [5.41, 5.74) is 0.989. The summed E-state index contributed by atoms with van der Waals surface area (Å²) in [6, 6.07) is 12.6. The van der Waals surface area contributed by atoms with E-state index in [0.29, 0.717) is 6.04 Å². The van der Waals surface area contributed by atoms with Crippen LogP contribution in [-0.2, 0) is 4.79 Å². The molecule has 4 heteroatoms. The van der Waals surface area contributed by atoms with Crippen molar-refractivity contribution in [2.45, 2.75) is 37.8 Å². The van der Waals surface area contributed by atoms with Gasteiger partial charge in [0.2, 0.25) is 5.91 Å². The number of para-hydroxylation sites is 1. The molecule has 1 aliphatic heterocycles. The minimum absolute atomic E-state index is 0.0562. The van der Waals surface area contributed by atoms with Crippen molar-refractivity contribution in [2.75, 3.05) is 11.4 Å². The lowest BCUT2D eigenvalue weighted by molar-refractivity contribution is -0.122. The van der Waals surface area contributed by atoms with Crippen molar-refractivity contribution in [2.24, 2.45) is 0 Å². The van der Waals surface area contributed by atoms with Crippen LogP contribution >= 0.6 is 0 Å². The van der Waals surface area contributed by atoms with Crippen LogP contribution in [0.5, 0.6) is 0 Å². The molecule has 1 aliphatic carbocycles. The molecule has 1 aromatic carbocycles. The van der Waals surface area contributed by atoms with Gasteiger partial charge in [0.05, 0.1) is 5.52 Å². The van der Waals surface area contributed by atoms with Crippen molar-refractivity contribution >= 4 is 22.6 Å². The number of carbonyl (C=O) groups excluding carboxylic acids is 1. The van der Waals surface area contributed by atoms with Crippen LogP contribution in [0.2, 0.25) is 0 Å². The first kappa shape index (κ1) is 12.6. The lowest BCUT2D eigenvalue weighted by atomic mass is 10.2. The summed E-state index contributed by atoms with van der Waals surface area (Å²) in [7, 11) is 0. The fourth-order valence-electron chi connectivity index (χ4n) is 3.05. The van der Waals surface area contributed by atoms with Crippen LogP contribution in [0.25, 0.3) is 10.9 Å². The molecule has 2 aromatic rings. The maximum atomic E-state index is 12.4. The van der Waals surface area contributed by atoms with Crippen LogP contribution in [0.15, 0.2) is 36.4 Å². The van der Waals surface area contributed by atoms with E-state index in [1.165, 1.54) is 0 Å². The molecule has 0 radical (unpaired) electrons. The second-order valence-electron chi connectivity index (χ2n) is 6.00. The quantitative estimate of drug-likeness (QED) is 0.940. The molecule has 1 saturated carbocycles. The molecule has 108 valence electrons. The van der Waals surface area contributed by atoms with Gasteiger partial charge < -0.3 is 10.2 Å². The maximum absolute atomic E-state index is 12.4. The van der Waals surface area contributed by atoms with Crippen LogP contribution in [-0.4, -0.2) is 29.5 Å². The summed E-state index contributed by atoms with van der Waals surface area (Å²) < 4.78 is 0. The van der Waals surface area contributed by atoms with Crippen LogP contribution in [0.1, 0.15) is 25.7 Å². The molecule has 0 spiro atoms. The molecule has 2 aliphatic rings. The predicted molar refractivity (Wildman–Crippen MR) is 83.3 cm³/mol. The third-order valence-electron chi connectivity index (χ3n) is 4.36. The SMILES string of the molecule is O=C(NC1CC1)[C@H]1CCCN1c1ccc2ccccc2n1. The lowest BCUT2D eigenvalue weighted by Gasteiger charge is -2.25. The first-order chi connectivity index (χ1) is 10.3. The van der Waals surface area contributed by atoms with E-state index in [1.807, 2.05) is 24.3 Å². The highest BCUT2D eigenvalue weighted by atomic mass is 16.2. The zero-order valence-corrected chi connectivity index (χ0v) is 12.0. The number of pyridine rings is 1. The zero-order chi connectivity index (χ0) is 14.2. The van der Waals surface area contributed by atoms with Gasteiger partial charge in [-0.3, -0.25) is 4.79 Å². The number of hydrogen-bond acceptors (Lipinski definition) is 3. The summed E-state index contributed by atoms with van der Waals surface area (Å²) >= 11 is 0. The summed E-state index contributed by atoms with van der Waals surface area (Å²) in [5, 5.41) is 4.26. The van der Waals surface area contributed by atoms with Crippen LogP contribution in [0.4, 0.5) is 5.82 Å². The standard InChI is InChI=1S/C17H19N3O/c21-17(18-13-8-9-13)15-6-3-11-20(15)16-10-7-12-4-1-2-5-14(12)19-16/h1-2,4-5,7,10,13,15H,3,6,8-9,11H2,(H,18,21)/t15-/m1/s1. The average molecular weight is 281 g/mol. The molecule has 2 fully saturated rings. The van der Waals surface area contributed by atoms with E-state index in [4.69, 9.17) is 4.98 Å². The Bertz CT molecular complexity index is 681. The van der Waals surface area contributed by atoms with Crippen LogP contribution in [0, 0.1) is 0 Å². The topological polar surface area (TPSA) is 45.2 Å². The summed E-state index contributed by atoms with van der Waals surface area (Å²) in [4.78, 5) is 19.2. The van der Waals surface area contributed by atoms with Crippen LogP contribution in [0.3, 0.4) is 0 Å². The zero-order valence-electron chi connectivity index (χ0n) is 12.0. The molecule has 1 amide bonds. The van der Waals surface area contributed by atoms with Gasteiger partial charge in [0.1, 0.15) is 11.9 Å². The summed E-state index contributed by atoms with van der Waals surface area (Å²) in [6.07, 6.45) is 4.24. The van der Waals surface area contributed by atoms with E-state index < -0.39 is 0 Å². The van der Waals surface area contributed by atoms with Gasteiger partial charge in [0, 0.05) is 18.0 Å². The van der Waals surface area contributed by atoms with Gasteiger partial charge in [-0.05, 0) is 43.9 Å². The Kier molecular flexibility index (Phi) is 3.02. The molecule has 4 rings (SSSR count). The Balaban J connectivity index is 1.61. The van der Waals surface area contributed by atoms with Crippen molar-refractivity contribution in [1.29, 1.82) is 0 Å². The van der Waals surface area contributed by atoms with Gasteiger partial charge in [-0.15, -0.1) is 0 Å². The van der Waals surface area contributed by atoms with Crippen molar-refractivity contribution in [3.63, 3.8) is 0 Å². The van der Waals surface area contributed by atoms with E-state index >= 15 is 0 Å². The number of nitrogens with zero attached hydrogens (tertiary/aromatic N) is 2. The number of fused-ring (bicyclic) bond motifs is 1. The Morgan fingerprint density at radius 1 is 1.14 bits per heavy atom. The average Bonchev–Trinajstić information content (AvgIpc) is 3.18. The van der Waals surface area contributed by atoms with Crippen molar-refractivity contribution in [1.82, 2.24) is 10.3 Å². The second-order valence-corrected chi connectivity index (χ2v) is 6.00. The largest absolute Gasteiger partial charge is 0.352 e. The monoisotopic (exact) mass is 281 g/mol. The highest BCUT2D eigenvalue weighted by molar-refractivity contribution is 5.87. The molecule has 2 heterocycles. The number of anilines is 1. The van der Waals surface area contributed by atoms with E-state index in [0.717, 1.165) is 48.9 Å². The van der Waals surface area contributed by atoms with Gasteiger partial charge in [-0.25, -0.2) is 4.98 Å². The normalized spacial score (nSPS) is 21.7. The molecule has 1 aromatic heterocycles. The number of carbonyl (C=O) groups is 1. The Morgan fingerprint density at radius 3 is 2.86 bits per heavy atom. The first-order valence-electron chi connectivity index (χ1n) is 7.74. The van der Waals surface area contributed by atoms with Crippen molar-refractivity contribution in [3.05, 3.63) is 36.4 Å². The highest BCUT2D eigenvalue weighted by Gasteiger charge is 2.34. The fraction of sp³-hybridized carbons (Fsp3) is 0.412. The van der Waals surface area contributed by atoms with E-state index in [2.05, 4.69) is 22.3 Å². The van der Waals surface area contributed by atoms with E-state index in [1.54, 1.807) is 0 Å². The second kappa shape index (κ2) is 5.02. The Morgan fingerprint density at radius 2 is 2.00 bits per heavy atom. The van der Waals surface area contributed by atoms with Crippen molar-refractivity contribution in [3.8, 4) is 0 Å². The number of nitrogens with one attached hydrogen (secondary N) is 1. The molecular formula is C17H19N3O. The van der Waals surface area contributed by atoms with Gasteiger partial charge in [0.25, 0.3) is 0 Å². The maximum Gasteiger partial charge on any atom is 0.242 e. The summed E-state index contributed by atoms with van der Waals surface area (Å²) in [5.74, 6) is 1.09. The van der Waals surface area contributed by atoms with E-state index in [-0.39, 0.29) is 11.9 Å². The van der Waals surface area contributed by atoms with Crippen LogP contribution < -0.4 is 10.2 Å². The molecule has 1 N–H and O–H groups in total. The molecule has 1 atom stereocenters. The highest BCUT2D eigenvalue weighted by Crippen LogP contribution is 2.27. The lowest BCUT2D eigenvalue weighted by Crippen LogP contribution is -2.44. The number of rotatable bonds is 3. The van der Waals surface area contributed by atoms with Gasteiger partial charge >= 0.3 is 0 Å². The first-order valence-corrected chi connectivity index (χ1v) is 7.74.